The largest absolute Gasteiger partial charge is 0.480 e. The summed E-state index contributed by atoms with van der Waals surface area (Å²) < 4.78 is 0. The molecule has 6 heteroatoms. The highest BCUT2D eigenvalue weighted by atomic mass is 16.4. The summed E-state index contributed by atoms with van der Waals surface area (Å²) in [6.07, 6.45) is 1.83. The summed E-state index contributed by atoms with van der Waals surface area (Å²) in [6.45, 7) is 0. The molecule has 3 atom stereocenters. The second-order valence-corrected chi connectivity index (χ2v) is 9.73. The Morgan fingerprint density at radius 1 is 0.800 bits per heavy atom. The van der Waals surface area contributed by atoms with E-state index in [1.54, 1.807) is 6.20 Å². The highest BCUT2D eigenvalue weighted by Crippen LogP contribution is 2.61. The van der Waals surface area contributed by atoms with E-state index in [4.69, 9.17) is 0 Å². The van der Waals surface area contributed by atoms with Crippen molar-refractivity contribution in [2.75, 3.05) is 0 Å². The first-order valence-corrected chi connectivity index (χ1v) is 11.9. The van der Waals surface area contributed by atoms with Gasteiger partial charge in [-0.2, -0.15) is 0 Å². The fraction of sp³-hybridized carbons (Fsp3) is 0.207. The fourth-order valence-electron chi connectivity index (χ4n) is 6.81. The number of amides is 2. The topological polar surface area (TPSA) is 90.5 Å². The third-order valence-electron chi connectivity index (χ3n) is 8.17. The van der Waals surface area contributed by atoms with Crippen LogP contribution in [0.15, 0.2) is 79.0 Å². The van der Waals surface area contributed by atoms with Crippen molar-refractivity contribution in [1.82, 2.24) is 9.88 Å². The molecule has 1 aromatic heterocycles. The van der Waals surface area contributed by atoms with Crippen LogP contribution in [0.2, 0.25) is 0 Å². The van der Waals surface area contributed by atoms with Crippen LogP contribution in [-0.4, -0.2) is 38.8 Å². The van der Waals surface area contributed by atoms with Gasteiger partial charge in [0.2, 0.25) is 11.8 Å². The molecule has 4 aliphatic rings. The highest BCUT2D eigenvalue weighted by molar-refractivity contribution is 6.10. The van der Waals surface area contributed by atoms with Gasteiger partial charge in [-0.05, 0) is 33.9 Å². The summed E-state index contributed by atoms with van der Waals surface area (Å²) in [5.41, 5.74) is 5.96. The number of aliphatic carboxylic acids is 1. The van der Waals surface area contributed by atoms with Gasteiger partial charge in [-0.3, -0.25) is 14.5 Å². The van der Waals surface area contributed by atoms with Gasteiger partial charge in [-0.1, -0.05) is 66.7 Å². The predicted molar refractivity (Wildman–Crippen MR) is 129 cm³/mol. The molecule has 0 radical (unpaired) electrons. The number of benzene rings is 3. The maximum atomic E-state index is 13.9. The lowest BCUT2D eigenvalue weighted by Gasteiger charge is -2.45. The number of nitrogens with zero attached hydrogens (tertiary/aromatic N) is 1. The second-order valence-electron chi connectivity index (χ2n) is 9.73. The van der Waals surface area contributed by atoms with E-state index in [9.17, 15) is 19.5 Å². The van der Waals surface area contributed by atoms with Crippen molar-refractivity contribution in [3.05, 3.63) is 107 Å². The van der Waals surface area contributed by atoms with E-state index < -0.39 is 23.8 Å². The van der Waals surface area contributed by atoms with Gasteiger partial charge in [-0.15, -0.1) is 0 Å². The first-order chi connectivity index (χ1) is 17.1. The summed E-state index contributed by atoms with van der Waals surface area (Å²) in [5, 5.41) is 11.1. The summed E-state index contributed by atoms with van der Waals surface area (Å²) in [4.78, 5) is 44.6. The van der Waals surface area contributed by atoms with Gasteiger partial charge in [0.15, 0.2) is 0 Å². The molecule has 2 bridgehead atoms. The van der Waals surface area contributed by atoms with Gasteiger partial charge in [0.25, 0.3) is 0 Å². The number of H-pyrrole nitrogens is 1. The van der Waals surface area contributed by atoms with Gasteiger partial charge in [0.1, 0.15) is 6.04 Å². The standard InChI is InChI=1S/C29H22N2O4/c32-27-25-23-17-8-1-2-9-18(17)24(20-11-4-3-10-19(20)23)26(25)28(33)31(27)22(29(34)35)13-15-14-30-21-12-6-5-7-16(15)21/h1-12,14,22-26,30H,13H2,(H,34,35)/t22-,23?,24?,25+,26+/m0/s1. The lowest BCUT2D eigenvalue weighted by Crippen LogP contribution is -2.47. The average molecular weight is 463 g/mol. The molecule has 2 amide bonds. The summed E-state index contributed by atoms with van der Waals surface area (Å²) >= 11 is 0. The zero-order valence-corrected chi connectivity index (χ0v) is 18.7. The minimum absolute atomic E-state index is 0.0610. The van der Waals surface area contributed by atoms with Crippen molar-refractivity contribution in [3.63, 3.8) is 0 Å². The van der Waals surface area contributed by atoms with Gasteiger partial charge in [0.05, 0.1) is 11.8 Å². The number of carbonyl (C=O) groups excluding carboxylic acids is 2. The lowest BCUT2D eigenvalue weighted by molar-refractivity contribution is -0.155. The predicted octanol–water partition coefficient (Wildman–Crippen LogP) is 4.06. The maximum Gasteiger partial charge on any atom is 0.327 e. The highest BCUT2D eigenvalue weighted by Gasteiger charge is 2.63. The molecule has 1 aliphatic heterocycles. The van der Waals surface area contributed by atoms with Crippen molar-refractivity contribution < 1.29 is 19.5 Å². The Kier molecular flexibility index (Phi) is 4.13. The number of nitrogens with one attached hydrogen (secondary N) is 1. The number of aromatic nitrogens is 1. The van der Waals surface area contributed by atoms with E-state index in [1.165, 1.54) is 0 Å². The number of rotatable bonds is 4. The summed E-state index contributed by atoms with van der Waals surface area (Å²) in [5.74, 6) is -3.57. The van der Waals surface area contributed by atoms with Crippen molar-refractivity contribution in [2.45, 2.75) is 24.3 Å². The minimum Gasteiger partial charge on any atom is -0.480 e. The van der Waals surface area contributed by atoms with Crippen LogP contribution in [0.4, 0.5) is 0 Å². The second kappa shape index (κ2) is 7.15. The average Bonchev–Trinajstić information content (AvgIpc) is 3.41. The van der Waals surface area contributed by atoms with Crippen LogP contribution < -0.4 is 0 Å². The molecule has 2 N–H and O–H groups in total. The van der Waals surface area contributed by atoms with Crippen molar-refractivity contribution in [3.8, 4) is 0 Å². The minimum atomic E-state index is -1.26. The first-order valence-electron chi connectivity index (χ1n) is 11.9. The molecule has 2 heterocycles. The van der Waals surface area contributed by atoms with E-state index in [2.05, 4.69) is 4.98 Å². The Morgan fingerprint density at radius 3 is 1.80 bits per heavy atom. The summed E-state index contributed by atoms with van der Waals surface area (Å²) in [6, 6.07) is 22.4. The number of likely N-dealkylation sites (tertiary alicyclic amines) is 1. The van der Waals surface area contributed by atoms with E-state index in [0.717, 1.165) is 43.6 Å². The zero-order chi connectivity index (χ0) is 23.8. The van der Waals surface area contributed by atoms with Gasteiger partial charge in [0, 0.05) is 35.4 Å². The van der Waals surface area contributed by atoms with E-state index >= 15 is 0 Å². The molecule has 3 aromatic carbocycles. The Hall–Kier alpha value is -4.19. The molecule has 4 aromatic rings. The molecular weight excluding hydrogens is 440 g/mol. The molecule has 3 aliphatic carbocycles. The van der Waals surface area contributed by atoms with Gasteiger partial charge < -0.3 is 10.1 Å². The van der Waals surface area contributed by atoms with E-state index in [1.807, 2.05) is 72.8 Å². The molecule has 1 fully saturated rings. The molecule has 0 spiro atoms. The smallest absolute Gasteiger partial charge is 0.327 e. The van der Waals surface area contributed by atoms with Crippen LogP contribution in [-0.2, 0) is 20.8 Å². The Balaban J connectivity index is 1.34. The van der Waals surface area contributed by atoms with Crippen LogP contribution in [0, 0.1) is 11.8 Å². The third kappa shape index (κ3) is 2.62. The Labute approximate surface area is 201 Å². The van der Waals surface area contributed by atoms with Crippen LogP contribution in [0.3, 0.4) is 0 Å². The zero-order valence-electron chi connectivity index (χ0n) is 18.7. The number of fused-ring (bicyclic) bond motifs is 1. The van der Waals surface area contributed by atoms with Crippen LogP contribution in [0.25, 0.3) is 10.9 Å². The number of hydrogen-bond donors (Lipinski definition) is 2. The monoisotopic (exact) mass is 462 g/mol. The van der Waals surface area contributed by atoms with E-state index in [0.29, 0.717) is 0 Å². The molecule has 1 saturated heterocycles. The van der Waals surface area contributed by atoms with Crippen molar-refractivity contribution in [1.29, 1.82) is 0 Å². The number of carboxylic acid groups (broad SMARTS) is 1. The molecule has 8 rings (SSSR count). The van der Waals surface area contributed by atoms with Crippen molar-refractivity contribution >= 4 is 28.7 Å². The van der Waals surface area contributed by atoms with Gasteiger partial charge >= 0.3 is 5.97 Å². The van der Waals surface area contributed by atoms with Gasteiger partial charge in [-0.25, -0.2) is 4.79 Å². The lowest BCUT2D eigenvalue weighted by atomic mass is 9.55. The number of imide groups is 1. The molecule has 6 nitrogen and oxygen atoms in total. The molecule has 35 heavy (non-hydrogen) atoms. The maximum absolute atomic E-state index is 13.9. The number of carbonyl (C=O) groups is 3. The number of aromatic amines is 1. The molecule has 0 unspecified atom stereocenters. The first kappa shape index (κ1) is 20.2. The quantitative estimate of drug-likeness (QED) is 0.448. The number of hydrogen-bond acceptors (Lipinski definition) is 3. The SMILES string of the molecule is O=C(O)[C@H](Cc1c[nH]c2ccccc12)N1C(=O)[C@@H]2C3c4ccccc4C(c4ccccc43)[C@H]2C1=O. The fourth-order valence-corrected chi connectivity index (χ4v) is 6.81. The Morgan fingerprint density at radius 2 is 1.29 bits per heavy atom. The number of carboxylic acids is 1. The number of para-hydroxylation sites is 1. The normalized spacial score (nSPS) is 24.9. The van der Waals surface area contributed by atoms with E-state index in [-0.39, 0.29) is 30.1 Å². The summed E-state index contributed by atoms with van der Waals surface area (Å²) in [7, 11) is 0. The Bertz CT molecular complexity index is 1440. The molecule has 0 saturated carbocycles. The van der Waals surface area contributed by atoms with Crippen LogP contribution >= 0.6 is 0 Å². The molecular formula is C29H22N2O4. The third-order valence-corrected chi connectivity index (χ3v) is 8.17. The van der Waals surface area contributed by atoms with Crippen LogP contribution in [0.5, 0.6) is 0 Å². The van der Waals surface area contributed by atoms with Crippen molar-refractivity contribution in [2.24, 2.45) is 11.8 Å². The van der Waals surface area contributed by atoms with Crippen LogP contribution in [0.1, 0.15) is 39.7 Å². The molecule has 172 valence electrons.